The highest BCUT2D eigenvalue weighted by Crippen LogP contribution is 2.38. The number of phenols is 1. The van der Waals surface area contributed by atoms with Crippen molar-refractivity contribution in [3.63, 3.8) is 0 Å². The highest BCUT2D eigenvalue weighted by Gasteiger charge is 2.26. The normalized spacial score (nSPS) is 18.4. The number of piperazine rings is 1. The van der Waals surface area contributed by atoms with Crippen LogP contribution in [0.5, 0.6) is 5.75 Å². The Bertz CT molecular complexity index is 461. The van der Waals surface area contributed by atoms with E-state index in [1.807, 2.05) is 0 Å². The van der Waals surface area contributed by atoms with Gasteiger partial charge in [-0.2, -0.15) is 0 Å². The molecule has 1 heterocycles. The van der Waals surface area contributed by atoms with Gasteiger partial charge in [0.25, 0.3) is 0 Å². The van der Waals surface area contributed by atoms with E-state index in [1.165, 1.54) is 6.07 Å². The molecule has 1 saturated heterocycles. The largest absolute Gasteiger partial charge is 0.506 e. The molecule has 0 radical (unpaired) electrons. The van der Waals surface area contributed by atoms with Crippen LogP contribution in [0.1, 0.15) is 31.9 Å². The molecule has 2 rings (SSSR count). The fourth-order valence-electron chi connectivity index (χ4n) is 2.74. The first kappa shape index (κ1) is 15.7. The van der Waals surface area contributed by atoms with E-state index in [0.29, 0.717) is 5.92 Å². The maximum Gasteiger partial charge on any atom is 0.141 e. The molecule has 20 heavy (non-hydrogen) atoms. The third-order valence-corrected chi connectivity index (χ3v) is 4.50. The predicted molar refractivity (Wildman–Crippen MR) is 82.4 cm³/mol. The van der Waals surface area contributed by atoms with E-state index in [2.05, 4.69) is 40.0 Å². The predicted octanol–water partition coefficient (Wildman–Crippen LogP) is 3.29. The Hall–Kier alpha value is -0.650. The number of rotatable bonds is 4. The molecule has 1 aromatic carbocycles. The molecule has 1 atom stereocenters. The zero-order valence-corrected chi connectivity index (χ0v) is 13.6. The van der Waals surface area contributed by atoms with Crippen LogP contribution >= 0.6 is 15.9 Å². The zero-order valence-electron chi connectivity index (χ0n) is 12.0. The van der Waals surface area contributed by atoms with Crippen LogP contribution in [0.15, 0.2) is 16.6 Å². The molecular weight excluding hydrogens is 323 g/mol. The van der Waals surface area contributed by atoms with E-state index in [9.17, 15) is 9.50 Å². The van der Waals surface area contributed by atoms with E-state index in [0.717, 1.165) is 38.2 Å². The van der Waals surface area contributed by atoms with Crippen molar-refractivity contribution in [2.45, 2.75) is 26.3 Å². The number of nitrogens with one attached hydrogen (secondary N) is 1. The Morgan fingerprint density at radius 1 is 1.35 bits per heavy atom. The van der Waals surface area contributed by atoms with Crippen LogP contribution in [0.25, 0.3) is 0 Å². The molecule has 3 nitrogen and oxygen atoms in total. The Morgan fingerprint density at radius 3 is 2.60 bits per heavy atom. The molecule has 0 bridgehead atoms. The van der Waals surface area contributed by atoms with Crippen molar-refractivity contribution in [2.75, 3.05) is 26.2 Å². The molecule has 0 aliphatic carbocycles. The summed E-state index contributed by atoms with van der Waals surface area (Å²) in [6.45, 7) is 8.16. The SMILES string of the molecule is CC(C)C[C@H](c1ccc(F)c(Br)c1O)N1CCNCC1. The lowest BCUT2D eigenvalue weighted by molar-refractivity contribution is 0.151. The maximum absolute atomic E-state index is 13.5. The number of hydrogen-bond acceptors (Lipinski definition) is 3. The summed E-state index contributed by atoms with van der Waals surface area (Å²) in [6, 6.07) is 3.27. The molecule has 0 amide bonds. The lowest BCUT2D eigenvalue weighted by Crippen LogP contribution is -2.45. The van der Waals surface area contributed by atoms with Crippen molar-refractivity contribution >= 4 is 15.9 Å². The quantitative estimate of drug-likeness (QED) is 0.879. The first-order chi connectivity index (χ1) is 9.50. The fraction of sp³-hybridized carbons (Fsp3) is 0.600. The molecule has 0 aromatic heterocycles. The number of halogens is 2. The van der Waals surface area contributed by atoms with Crippen molar-refractivity contribution in [2.24, 2.45) is 5.92 Å². The standard InChI is InChI=1S/C15H22BrFN2O/c1-10(2)9-13(19-7-5-18-6-8-19)11-3-4-12(17)14(16)15(11)20/h3-4,10,13,18,20H,5-9H2,1-2H3/t13-/m1/s1. The van der Waals surface area contributed by atoms with Gasteiger partial charge in [-0.05, 0) is 34.3 Å². The van der Waals surface area contributed by atoms with Crippen molar-refractivity contribution in [3.8, 4) is 5.75 Å². The number of nitrogens with zero attached hydrogens (tertiary/aromatic N) is 1. The molecule has 1 aliphatic heterocycles. The lowest BCUT2D eigenvalue weighted by atomic mass is 9.94. The van der Waals surface area contributed by atoms with Crippen molar-refractivity contribution in [1.82, 2.24) is 10.2 Å². The molecular formula is C15H22BrFN2O. The summed E-state index contributed by atoms with van der Waals surface area (Å²) in [5.74, 6) is 0.127. The van der Waals surface area contributed by atoms with Gasteiger partial charge in [0.1, 0.15) is 11.6 Å². The average molecular weight is 345 g/mol. The monoisotopic (exact) mass is 344 g/mol. The summed E-state index contributed by atoms with van der Waals surface area (Å²) in [5.41, 5.74) is 0.814. The van der Waals surface area contributed by atoms with Crippen LogP contribution in [0, 0.1) is 11.7 Å². The molecule has 5 heteroatoms. The van der Waals surface area contributed by atoms with Crippen LogP contribution in [-0.2, 0) is 0 Å². The van der Waals surface area contributed by atoms with E-state index < -0.39 is 5.82 Å². The molecule has 1 fully saturated rings. The van der Waals surface area contributed by atoms with E-state index in [-0.39, 0.29) is 16.3 Å². The summed E-state index contributed by atoms with van der Waals surface area (Å²) in [7, 11) is 0. The Morgan fingerprint density at radius 2 is 2.00 bits per heavy atom. The highest BCUT2D eigenvalue weighted by molar-refractivity contribution is 9.10. The number of phenolic OH excluding ortho intramolecular Hbond substituents is 1. The summed E-state index contributed by atoms with van der Waals surface area (Å²) < 4.78 is 13.7. The first-order valence-corrected chi connectivity index (χ1v) is 7.91. The van der Waals surface area contributed by atoms with Gasteiger partial charge < -0.3 is 10.4 Å². The highest BCUT2D eigenvalue weighted by atomic mass is 79.9. The molecule has 112 valence electrons. The minimum absolute atomic E-state index is 0.0363. The minimum atomic E-state index is -0.421. The Labute approximate surface area is 128 Å². The van der Waals surface area contributed by atoms with Crippen LogP contribution in [-0.4, -0.2) is 36.2 Å². The van der Waals surface area contributed by atoms with Gasteiger partial charge >= 0.3 is 0 Å². The van der Waals surface area contributed by atoms with Gasteiger partial charge in [-0.25, -0.2) is 4.39 Å². The van der Waals surface area contributed by atoms with Gasteiger partial charge in [0.15, 0.2) is 0 Å². The van der Waals surface area contributed by atoms with Crippen molar-refractivity contribution in [3.05, 3.63) is 28.0 Å². The van der Waals surface area contributed by atoms with Crippen LogP contribution < -0.4 is 5.32 Å². The first-order valence-electron chi connectivity index (χ1n) is 7.12. The summed E-state index contributed by atoms with van der Waals surface area (Å²) in [4.78, 5) is 2.37. The molecule has 0 saturated carbocycles. The van der Waals surface area contributed by atoms with Gasteiger partial charge in [0.2, 0.25) is 0 Å². The van der Waals surface area contributed by atoms with Crippen molar-refractivity contribution in [1.29, 1.82) is 0 Å². The van der Waals surface area contributed by atoms with E-state index in [4.69, 9.17) is 0 Å². The Balaban J connectivity index is 2.32. The second kappa shape index (κ2) is 6.87. The van der Waals surface area contributed by atoms with E-state index in [1.54, 1.807) is 6.07 Å². The number of benzene rings is 1. The number of hydrogen-bond donors (Lipinski definition) is 2. The zero-order chi connectivity index (χ0) is 14.7. The van der Waals surface area contributed by atoms with Crippen LogP contribution in [0.2, 0.25) is 0 Å². The van der Waals surface area contributed by atoms with Gasteiger partial charge in [-0.15, -0.1) is 0 Å². The van der Waals surface area contributed by atoms with Gasteiger partial charge in [0.05, 0.1) is 4.47 Å². The minimum Gasteiger partial charge on any atom is -0.506 e. The molecule has 1 aromatic rings. The van der Waals surface area contributed by atoms with Crippen LogP contribution in [0.4, 0.5) is 4.39 Å². The maximum atomic E-state index is 13.5. The summed E-state index contributed by atoms with van der Waals surface area (Å²) >= 11 is 3.13. The van der Waals surface area contributed by atoms with Gasteiger partial charge in [0, 0.05) is 37.8 Å². The Kier molecular flexibility index (Phi) is 5.41. The summed E-state index contributed by atoms with van der Waals surface area (Å²) in [5, 5.41) is 13.6. The summed E-state index contributed by atoms with van der Waals surface area (Å²) in [6.07, 6.45) is 0.950. The third kappa shape index (κ3) is 3.51. The van der Waals surface area contributed by atoms with Gasteiger partial charge in [-0.1, -0.05) is 19.9 Å². The smallest absolute Gasteiger partial charge is 0.141 e. The molecule has 1 aliphatic rings. The van der Waals surface area contributed by atoms with E-state index >= 15 is 0 Å². The molecule has 0 spiro atoms. The van der Waals surface area contributed by atoms with Crippen molar-refractivity contribution < 1.29 is 9.50 Å². The average Bonchev–Trinajstić information content (AvgIpc) is 2.44. The lowest BCUT2D eigenvalue weighted by Gasteiger charge is -2.36. The number of aromatic hydroxyl groups is 1. The second-order valence-electron chi connectivity index (χ2n) is 5.73. The molecule has 2 N–H and O–H groups in total. The topological polar surface area (TPSA) is 35.5 Å². The van der Waals surface area contributed by atoms with Gasteiger partial charge in [-0.3, -0.25) is 4.90 Å². The third-order valence-electron chi connectivity index (χ3n) is 3.75. The van der Waals surface area contributed by atoms with Crippen LogP contribution in [0.3, 0.4) is 0 Å². The molecule has 0 unspecified atom stereocenters. The second-order valence-corrected chi connectivity index (χ2v) is 6.52. The fourth-order valence-corrected chi connectivity index (χ4v) is 3.10.